The minimum Gasteiger partial charge on any atom is -0.370 e. The van der Waals surface area contributed by atoms with Crippen LogP contribution in [0.4, 0.5) is 0 Å². The van der Waals surface area contributed by atoms with Crippen molar-refractivity contribution >= 4 is 41.3 Å². The lowest BCUT2D eigenvalue weighted by atomic mass is 9.96. The Balaban J connectivity index is 0.00000180. The lowest BCUT2D eigenvalue weighted by Gasteiger charge is -2.23. The highest BCUT2D eigenvalue weighted by atomic mass is 127. The molecular weight excluding hydrogens is 371 g/mol. The van der Waals surface area contributed by atoms with E-state index in [1.807, 2.05) is 0 Å². The Morgan fingerprint density at radius 1 is 1.47 bits per heavy atom. The van der Waals surface area contributed by atoms with Gasteiger partial charge in [-0.2, -0.15) is 0 Å². The second-order valence-electron chi connectivity index (χ2n) is 4.77. The van der Waals surface area contributed by atoms with Gasteiger partial charge in [-0.15, -0.1) is 35.3 Å². The number of nitrogens with two attached hydrogens (primary N) is 1. The molecule has 6 heteroatoms. The third kappa shape index (κ3) is 5.64. The van der Waals surface area contributed by atoms with Crippen molar-refractivity contribution in [1.29, 1.82) is 0 Å². The van der Waals surface area contributed by atoms with E-state index in [1.165, 1.54) is 37.1 Å². The van der Waals surface area contributed by atoms with Gasteiger partial charge in [-0.3, -0.25) is 0 Å². The first-order chi connectivity index (χ1) is 8.78. The van der Waals surface area contributed by atoms with Gasteiger partial charge in [0.15, 0.2) is 5.96 Å². The maximum atomic E-state index is 5.91. The van der Waals surface area contributed by atoms with Crippen LogP contribution < -0.4 is 11.1 Å². The number of guanidine groups is 1. The maximum absolute atomic E-state index is 5.91. The topological polar surface area (TPSA) is 63.3 Å². The summed E-state index contributed by atoms with van der Waals surface area (Å²) >= 11 is 1.70. The summed E-state index contributed by atoms with van der Waals surface area (Å²) in [7, 11) is 0. The molecule has 0 atom stereocenters. The first-order valence-corrected chi connectivity index (χ1v) is 7.65. The SMILES string of the molecule is CCc1nc(CN=C(N)NC2CCCCC2)cs1.I. The average molecular weight is 394 g/mol. The number of rotatable bonds is 4. The van der Waals surface area contributed by atoms with E-state index in [2.05, 4.69) is 27.6 Å². The number of aryl methyl sites for hydroxylation is 1. The van der Waals surface area contributed by atoms with Gasteiger partial charge >= 0.3 is 0 Å². The molecule has 0 aromatic carbocycles. The van der Waals surface area contributed by atoms with Crippen molar-refractivity contribution in [3.63, 3.8) is 0 Å². The van der Waals surface area contributed by atoms with E-state index in [4.69, 9.17) is 5.73 Å². The molecule has 0 bridgehead atoms. The predicted octanol–water partition coefficient (Wildman–Crippen LogP) is 3.06. The molecule has 0 saturated heterocycles. The predicted molar refractivity (Wildman–Crippen MR) is 92.2 cm³/mol. The van der Waals surface area contributed by atoms with Gasteiger partial charge in [-0.25, -0.2) is 9.98 Å². The fraction of sp³-hybridized carbons (Fsp3) is 0.692. The van der Waals surface area contributed by atoms with E-state index in [1.54, 1.807) is 11.3 Å². The molecule has 1 aromatic rings. The molecule has 0 aliphatic heterocycles. The van der Waals surface area contributed by atoms with Crippen LogP contribution in [-0.2, 0) is 13.0 Å². The number of nitrogens with one attached hydrogen (secondary N) is 1. The van der Waals surface area contributed by atoms with Crippen LogP contribution in [0.1, 0.15) is 49.7 Å². The van der Waals surface area contributed by atoms with Gasteiger partial charge in [0.05, 0.1) is 17.2 Å². The summed E-state index contributed by atoms with van der Waals surface area (Å²) < 4.78 is 0. The molecular formula is C13H23IN4S. The highest BCUT2D eigenvalue weighted by molar-refractivity contribution is 14.0. The smallest absolute Gasteiger partial charge is 0.189 e. The van der Waals surface area contributed by atoms with E-state index in [9.17, 15) is 0 Å². The van der Waals surface area contributed by atoms with E-state index < -0.39 is 0 Å². The Morgan fingerprint density at radius 2 is 2.21 bits per heavy atom. The monoisotopic (exact) mass is 394 g/mol. The molecule has 2 rings (SSSR count). The number of thiazole rings is 1. The fourth-order valence-electron chi connectivity index (χ4n) is 2.25. The molecule has 0 unspecified atom stereocenters. The summed E-state index contributed by atoms with van der Waals surface area (Å²) in [6.45, 7) is 2.70. The van der Waals surface area contributed by atoms with Gasteiger partial charge in [0.25, 0.3) is 0 Å². The van der Waals surface area contributed by atoms with Gasteiger partial charge in [0, 0.05) is 11.4 Å². The molecule has 1 aliphatic rings. The Kier molecular flexibility index (Phi) is 7.67. The summed E-state index contributed by atoms with van der Waals surface area (Å²) in [5, 5.41) is 6.54. The number of aliphatic imine (C=N–C) groups is 1. The molecule has 0 amide bonds. The van der Waals surface area contributed by atoms with Crippen molar-refractivity contribution in [2.45, 2.75) is 58.0 Å². The van der Waals surface area contributed by atoms with Crippen molar-refractivity contribution in [1.82, 2.24) is 10.3 Å². The van der Waals surface area contributed by atoms with Crippen LogP contribution in [0.3, 0.4) is 0 Å². The highest BCUT2D eigenvalue weighted by Gasteiger charge is 2.13. The second kappa shape index (κ2) is 8.73. The zero-order valence-electron chi connectivity index (χ0n) is 11.4. The summed E-state index contributed by atoms with van der Waals surface area (Å²) in [6, 6.07) is 0.518. The van der Waals surface area contributed by atoms with Crippen molar-refractivity contribution < 1.29 is 0 Å². The Morgan fingerprint density at radius 3 is 2.84 bits per heavy atom. The molecule has 108 valence electrons. The van der Waals surface area contributed by atoms with Crippen molar-refractivity contribution in [3.8, 4) is 0 Å². The first kappa shape index (κ1) is 16.7. The van der Waals surface area contributed by atoms with Gasteiger partial charge < -0.3 is 11.1 Å². The summed E-state index contributed by atoms with van der Waals surface area (Å²) in [5.74, 6) is 0.563. The molecule has 1 fully saturated rings. The largest absolute Gasteiger partial charge is 0.370 e. The van der Waals surface area contributed by atoms with Gasteiger partial charge in [-0.1, -0.05) is 26.2 Å². The molecule has 0 radical (unpaired) electrons. The second-order valence-corrected chi connectivity index (χ2v) is 5.71. The molecule has 1 saturated carbocycles. The van der Waals surface area contributed by atoms with Crippen molar-refractivity contribution in [3.05, 3.63) is 16.1 Å². The van der Waals surface area contributed by atoms with Crippen LogP contribution in [-0.4, -0.2) is 17.0 Å². The molecule has 0 spiro atoms. The third-order valence-corrected chi connectivity index (χ3v) is 4.31. The van der Waals surface area contributed by atoms with Crippen LogP contribution in [0.2, 0.25) is 0 Å². The van der Waals surface area contributed by atoms with E-state index >= 15 is 0 Å². The summed E-state index contributed by atoms with van der Waals surface area (Å²) in [4.78, 5) is 8.84. The van der Waals surface area contributed by atoms with Gasteiger partial charge in [0.1, 0.15) is 0 Å². The van der Waals surface area contributed by atoms with Crippen LogP contribution in [0.15, 0.2) is 10.4 Å². The Bertz CT molecular complexity index is 399. The lowest BCUT2D eigenvalue weighted by Crippen LogP contribution is -2.41. The minimum atomic E-state index is 0. The van der Waals surface area contributed by atoms with E-state index in [0.717, 1.165) is 12.1 Å². The van der Waals surface area contributed by atoms with Crippen molar-refractivity contribution in [2.75, 3.05) is 0 Å². The van der Waals surface area contributed by atoms with E-state index in [0.29, 0.717) is 18.5 Å². The van der Waals surface area contributed by atoms with Crippen LogP contribution in [0.5, 0.6) is 0 Å². The fourth-order valence-corrected chi connectivity index (χ4v) is 2.99. The molecule has 3 N–H and O–H groups in total. The van der Waals surface area contributed by atoms with Crippen LogP contribution >= 0.6 is 35.3 Å². The molecule has 1 aliphatic carbocycles. The third-order valence-electron chi connectivity index (χ3n) is 3.27. The zero-order valence-corrected chi connectivity index (χ0v) is 14.5. The van der Waals surface area contributed by atoms with Crippen molar-refractivity contribution in [2.24, 2.45) is 10.7 Å². The van der Waals surface area contributed by atoms with Gasteiger partial charge in [0.2, 0.25) is 0 Å². The minimum absolute atomic E-state index is 0. The highest BCUT2D eigenvalue weighted by Crippen LogP contribution is 2.17. The Hall–Kier alpha value is -0.370. The summed E-state index contributed by atoms with van der Waals surface area (Å²) in [6.07, 6.45) is 7.38. The Labute approximate surface area is 136 Å². The average Bonchev–Trinajstić information content (AvgIpc) is 2.85. The standard InChI is InChI=1S/C13H22N4S.HI/c1-2-12-16-11(9-18-12)8-15-13(14)17-10-6-4-3-5-7-10;/h9-10H,2-8H2,1H3,(H3,14,15,17);1H. The molecule has 4 nitrogen and oxygen atoms in total. The molecule has 1 aromatic heterocycles. The van der Waals surface area contributed by atoms with E-state index in [-0.39, 0.29) is 24.0 Å². The quantitative estimate of drug-likeness (QED) is 0.469. The lowest BCUT2D eigenvalue weighted by molar-refractivity contribution is 0.412. The molecule has 19 heavy (non-hydrogen) atoms. The maximum Gasteiger partial charge on any atom is 0.189 e. The zero-order chi connectivity index (χ0) is 12.8. The first-order valence-electron chi connectivity index (χ1n) is 6.77. The number of hydrogen-bond donors (Lipinski definition) is 2. The number of halogens is 1. The normalized spacial score (nSPS) is 17.0. The number of nitrogens with zero attached hydrogens (tertiary/aromatic N) is 2. The summed E-state index contributed by atoms with van der Waals surface area (Å²) in [5.41, 5.74) is 6.92. The van der Waals surface area contributed by atoms with Crippen LogP contribution in [0.25, 0.3) is 0 Å². The van der Waals surface area contributed by atoms with Crippen LogP contribution in [0, 0.1) is 0 Å². The number of hydrogen-bond acceptors (Lipinski definition) is 3. The van der Waals surface area contributed by atoms with Gasteiger partial charge in [-0.05, 0) is 19.3 Å². The number of aromatic nitrogens is 1. The molecule has 1 heterocycles.